The quantitative estimate of drug-likeness (QED) is 0.156. The summed E-state index contributed by atoms with van der Waals surface area (Å²) in [6, 6.07) is 17.2. The van der Waals surface area contributed by atoms with Gasteiger partial charge in [0.05, 0.1) is 12.2 Å². The van der Waals surface area contributed by atoms with Crippen LogP contribution in [0.15, 0.2) is 54.6 Å². The highest BCUT2D eigenvalue weighted by Gasteiger charge is 2.18. The van der Waals surface area contributed by atoms with E-state index < -0.39 is 6.10 Å². The molecule has 0 aliphatic carbocycles. The first kappa shape index (κ1) is 32.1. The lowest BCUT2D eigenvalue weighted by molar-refractivity contribution is -0.00111. The molecule has 0 saturated carbocycles. The number of rotatable bonds is 14. The van der Waals surface area contributed by atoms with Crippen LogP contribution in [-0.4, -0.2) is 51.1 Å². The minimum Gasteiger partial charge on any atom is -0.507 e. The Morgan fingerprint density at radius 1 is 0.721 bits per heavy atom. The van der Waals surface area contributed by atoms with Crippen LogP contribution in [0.4, 0.5) is 0 Å². The zero-order valence-electron chi connectivity index (χ0n) is 26.4. The summed E-state index contributed by atoms with van der Waals surface area (Å²) in [4.78, 5) is 14.5. The number of phenols is 1. The van der Waals surface area contributed by atoms with Gasteiger partial charge in [0.2, 0.25) is 0 Å². The molecule has 7 nitrogen and oxygen atoms in total. The number of aromatic hydroxyl groups is 1. The second-order valence-corrected chi connectivity index (χ2v) is 11.4. The van der Waals surface area contributed by atoms with Crippen molar-refractivity contribution in [1.29, 1.82) is 0 Å². The van der Waals surface area contributed by atoms with Gasteiger partial charge < -0.3 is 19.7 Å². The fraction of sp³-hybridized carbons (Fsp3) is 0.417. The van der Waals surface area contributed by atoms with Gasteiger partial charge in [-0.3, -0.25) is 0 Å². The standard InChI is InChI=1S/C36H45N3O4/c1-7-9-14-27(8-2)20-42-21-28(40)22-43-29-17-18-32(33(41)19-29)36-38-34(30-15-10-12-23(3)25(30)5)37-35(39-36)31-16-11-13-24(4)26(31)6/h10-13,15-19,27-28,40-41H,7-9,14,20-22H2,1-6H3. The summed E-state index contributed by atoms with van der Waals surface area (Å²) in [5.41, 5.74) is 6.77. The van der Waals surface area contributed by atoms with Crippen molar-refractivity contribution in [3.8, 4) is 45.7 Å². The summed E-state index contributed by atoms with van der Waals surface area (Å²) in [6.07, 6.45) is 3.81. The number of aliphatic hydroxyl groups excluding tert-OH is 1. The summed E-state index contributed by atoms with van der Waals surface area (Å²) >= 11 is 0. The Bertz CT molecular complexity index is 1450. The molecule has 0 fully saturated rings. The fourth-order valence-electron chi connectivity index (χ4n) is 5.02. The maximum Gasteiger partial charge on any atom is 0.167 e. The first-order valence-corrected chi connectivity index (χ1v) is 15.3. The number of phenolic OH excluding ortho intramolecular Hbond substituents is 1. The Morgan fingerprint density at radius 3 is 1.84 bits per heavy atom. The van der Waals surface area contributed by atoms with E-state index in [2.05, 4.69) is 53.7 Å². The van der Waals surface area contributed by atoms with Crippen LogP contribution in [0, 0.1) is 33.6 Å². The third-order valence-corrected chi connectivity index (χ3v) is 8.19. The molecule has 0 amide bonds. The molecule has 0 radical (unpaired) electrons. The van der Waals surface area contributed by atoms with Crippen LogP contribution in [0.3, 0.4) is 0 Å². The highest BCUT2D eigenvalue weighted by atomic mass is 16.5. The molecule has 0 saturated heterocycles. The van der Waals surface area contributed by atoms with Crippen molar-refractivity contribution in [1.82, 2.24) is 15.0 Å². The number of aliphatic hydroxyl groups is 1. The van der Waals surface area contributed by atoms with Crippen LogP contribution in [0.2, 0.25) is 0 Å². The number of hydrogen-bond acceptors (Lipinski definition) is 7. The molecule has 2 unspecified atom stereocenters. The van der Waals surface area contributed by atoms with Gasteiger partial charge in [0, 0.05) is 23.8 Å². The second kappa shape index (κ2) is 15.1. The monoisotopic (exact) mass is 583 g/mol. The first-order chi connectivity index (χ1) is 20.7. The number of hydrogen-bond donors (Lipinski definition) is 2. The van der Waals surface area contributed by atoms with E-state index in [0.29, 0.717) is 41.3 Å². The summed E-state index contributed by atoms with van der Waals surface area (Å²) in [5.74, 6) is 2.39. The zero-order chi connectivity index (χ0) is 30.9. The highest BCUT2D eigenvalue weighted by molar-refractivity contribution is 5.72. The van der Waals surface area contributed by atoms with Crippen molar-refractivity contribution in [2.75, 3.05) is 19.8 Å². The molecule has 1 aromatic heterocycles. The molecule has 2 atom stereocenters. The van der Waals surface area contributed by atoms with Crippen molar-refractivity contribution in [2.45, 2.75) is 73.3 Å². The molecule has 1 heterocycles. The maximum absolute atomic E-state index is 11.1. The SMILES string of the molecule is CCCCC(CC)COCC(O)COc1ccc(-c2nc(-c3cccc(C)c3C)nc(-c3cccc(C)c3C)n2)c(O)c1. The van der Waals surface area contributed by atoms with Crippen molar-refractivity contribution >= 4 is 0 Å². The number of nitrogens with zero attached hydrogens (tertiary/aromatic N) is 3. The van der Waals surface area contributed by atoms with Crippen LogP contribution in [0.1, 0.15) is 61.8 Å². The molecule has 0 aliphatic rings. The van der Waals surface area contributed by atoms with Crippen LogP contribution < -0.4 is 4.74 Å². The predicted octanol–water partition coefficient (Wildman–Crippen LogP) is 7.78. The van der Waals surface area contributed by atoms with Crippen molar-refractivity contribution < 1.29 is 19.7 Å². The molecule has 3 aromatic carbocycles. The third-order valence-electron chi connectivity index (χ3n) is 8.19. The van der Waals surface area contributed by atoms with Gasteiger partial charge in [-0.05, 0) is 74.4 Å². The van der Waals surface area contributed by atoms with Crippen LogP contribution in [0.5, 0.6) is 11.5 Å². The molecule has 0 bridgehead atoms. The average molecular weight is 584 g/mol. The number of aromatic nitrogens is 3. The van der Waals surface area contributed by atoms with E-state index in [4.69, 9.17) is 24.4 Å². The normalized spacial score (nSPS) is 12.7. The van der Waals surface area contributed by atoms with Gasteiger partial charge in [0.15, 0.2) is 17.5 Å². The van der Waals surface area contributed by atoms with E-state index in [1.165, 1.54) is 18.9 Å². The van der Waals surface area contributed by atoms with Crippen molar-refractivity contribution in [3.05, 3.63) is 76.9 Å². The molecule has 7 heteroatoms. The molecule has 43 heavy (non-hydrogen) atoms. The van der Waals surface area contributed by atoms with Crippen molar-refractivity contribution in [2.24, 2.45) is 5.92 Å². The fourth-order valence-corrected chi connectivity index (χ4v) is 5.02. The first-order valence-electron chi connectivity index (χ1n) is 15.3. The van der Waals surface area contributed by atoms with E-state index in [1.807, 2.05) is 24.3 Å². The van der Waals surface area contributed by atoms with E-state index >= 15 is 0 Å². The lowest BCUT2D eigenvalue weighted by Gasteiger charge is -2.17. The topological polar surface area (TPSA) is 97.6 Å². The molecule has 4 rings (SSSR count). The Balaban J connectivity index is 1.56. The van der Waals surface area contributed by atoms with Gasteiger partial charge in [-0.2, -0.15) is 0 Å². The largest absolute Gasteiger partial charge is 0.507 e. The van der Waals surface area contributed by atoms with Gasteiger partial charge in [0.25, 0.3) is 0 Å². The van der Waals surface area contributed by atoms with Gasteiger partial charge in [-0.25, -0.2) is 15.0 Å². The Labute approximate surface area is 256 Å². The molecule has 0 aliphatic heterocycles. The summed E-state index contributed by atoms with van der Waals surface area (Å²) in [5, 5.41) is 21.5. The van der Waals surface area contributed by atoms with Gasteiger partial charge in [-0.15, -0.1) is 0 Å². The van der Waals surface area contributed by atoms with Crippen LogP contribution in [-0.2, 0) is 4.74 Å². The smallest absolute Gasteiger partial charge is 0.167 e. The van der Waals surface area contributed by atoms with Gasteiger partial charge in [0.1, 0.15) is 24.2 Å². The van der Waals surface area contributed by atoms with E-state index in [-0.39, 0.29) is 19.0 Å². The Hall–Kier alpha value is -3.81. The minimum atomic E-state index is -0.769. The molecule has 4 aromatic rings. The summed E-state index contributed by atoms with van der Waals surface area (Å²) in [7, 11) is 0. The van der Waals surface area contributed by atoms with E-state index in [9.17, 15) is 10.2 Å². The van der Waals surface area contributed by atoms with Gasteiger partial charge in [-0.1, -0.05) is 69.5 Å². The number of aryl methyl sites for hydroxylation is 2. The zero-order valence-corrected chi connectivity index (χ0v) is 26.4. The molecular weight excluding hydrogens is 538 g/mol. The predicted molar refractivity (Wildman–Crippen MR) is 172 cm³/mol. The van der Waals surface area contributed by atoms with Gasteiger partial charge >= 0.3 is 0 Å². The average Bonchev–Trinajstić information content (AvgIpc) is 3.00. The summed E-state index contributed by atoms with van der Waals surface area (Å²) in [6.45, 7) is 13.5. The molecule has 228 valence electrons. The lowest BCUT2D eigenvalue weighted by Crippen LogP contribution is -2.25. The maximum atomic E-state index is 11.1. The highest BCUT2D eigenvalue weighted by Crippen LogP contribution is 2.34. The molecule has 2 N–H and O–H groups in total. The minimum absolute atomic E-state index is 0.0185. The Kier molecular flexibility index (Phi) is 11.3. The number of unbranched alkanes of at least 4 members (excludes halogenated alkanes) is 1. The van der Waals surface area contributed by atoms with E-state index in [1.54, 1.807) is 12.1 Å². The Morgan fingerprint density at radius 2 is 1.30 bits per heavy atom. The van der Waals surface area contributed by atoms with E-state index in [0.717, 1.165) is 46.2 Å². The number of benzene rings is 3. The number of ether oxygens (including phenoxy) is 2. The second-order valence-electron chi connectivity index (χ2n) is 11.4. The van der Waals surface area contributed by atoms with Crippen LogP contribution >= 0.6 is 0 Å². The molecular formula is C36H45N3O4. The van der Waals surface area contributed by atoms with Crippen LogP contribution in [0.25, 0.3) is 34.2 Å². The third kappa shape index (κ3) is 8.18. The summed E-state index contributed by atoms with van der Waals surface area (Å²) < 4.78 is 11.5. The lowest BCUT2D eigenvalue weighted by atomic mass is 10.0. The molecule has 0 spiro atoms. The van der Waals surface area contributed by atoms with Crippen molar-refractivity contribution in [3.63, 3.8) is 0 Å².